The van der Waals surface area contributed by atoms with Crippen LogP contribution in [0.2, 0.25) is 0 Å². The summed E-state index contributed by atoms with van der Waals surface area (Å²) in [7, 11) is 0. The first-order valence-corrected chi connectivity index (χ1v) is 10.7. The first kappa shape index (κ1) is 20.8. The number of pyridine rings is 1. The van der Waals surface area contributed by atoms with Crippen LogP contribution in [0, 0.1) is 27.7 Å². The summed E-state index contributed by atoms with van der Waals surface area (Å²) in [5.41, 5.74) is 8.93. The summed E-state index contributed by atoms with van der Waals surface area (Å²) in [6, 6.07) is 14.2. The molecule has 31 heavy (non-hydrogen) atoms. The lowest BCUT2D eigenvalue weighted by molar-refractivity contribution is 0.0952. The van der Waals surface area contributed by atoms with Gasteiger partial charge in [0.15, 0.2) is 0 Å². The second-order valence-corrected chi connectivity index (χ2v) is 8.08. The van der Waals surface area contributed by atoms with Gasteiger partial charge in [0.05, 0.1) is 23.0 Å². The molecule has 0 saturated carbocycles. The standard InChI is InChI=1S/C26H28N4O/c1-6-30-19(5)21(15-28-30)14-27-26(31)23-13-24(20-11-10-16(2)18(4)12-20)29-25-17(3)8-7-9-22(23)25/h7-13,15H,6,14H2,1-5H3,(H,27,31). The minimum absolute atomic E-state index is 0.105. The molecule has 1 amide bonds. The Morgan fingerprint density at radius 1 is 1.00 bits per heavy atom. The highest BCUT2D eigenvalue weighted by Crippen LogP contribution is 2.28. The Morgan fingerprint density at radius 3 is 2.52 bits per heavy atom. The Kier molecular flexibility index (Phi) is 5.59. The van der Waals surface area contributed by atoms with Gasteiger partial charge in [0.2, 0.25) is 0 Å². The molecule has 0 spiro atoms. The molecule has 0 aliphatic carbocycles. The quantitative estimate of drug-likeness (QED) is 0.485. The lowest BCUT2D eigenvalue weighted by Gasteiger charge is -2.13. The molecule has 0 saturated heterocycles. The Hall–Kier alpha value is -3.47. The van der Waals surface area contributed by atoms with E-state index in [2.05, 4.69) is 49.4 Å². The van der Waals surface area contributed by atoms with Crippen molar-refractivity contribution in [3.05, 3.63) is 82.2 Å². The van der Waals surface area contributed by atoms with Crippen molar-refractivity contribution in [1.29, 1.82) is 0 Å². The van der Waals surface area contributed by atoms with Crippen molar-refractivity contribution in [2.75, 3.05) is 0 Å². The normalized spacial score (nSPS) is 11.1. The zero-order chi connectivity index (χ0) is 22.1. The molecule has 0 bridgehead atoms. The number of para-hydroxylation sites is 1. The van der Waals surface area contributed by atoms with E-state index in [4.69, 9.17) is 4.98 Å². The summed E-state index contributed by atoms with van der Waals surface area (Å²) < 4.78 is 1.94. The van der Waals surface area contributed by atoms with Crippen LogP contribution in [0.1, 0.15) is 45.2 Å². The summed E-state index contributed by atoms with van der Waals surface area (Å²) in [4.78, 5) is 18.2. The van der Waals surface area contributed by atoms with E-state index >= 15 is 0 Å². The molecule has 4 aromatic rings. The van der Waals surface area contributed by atoms with Gasteiger partial charge in [-0.15, -0.1) is 0 Å². The molecule has 0 aliphatic rings. The molecule has 0 atom stereocenters. The van der Waals surface area contributed by atoms with E-state index in [1.165, 1.54) is 11.1 Å². The van der Waals surface area contributed by atoms with Crippen molar-refractivity contribution in [2.45, 2.75) is 47.7 Å². The number of carbonyl (C=O) groups is 1. The van der Waals surface area contributed by atoms with Crippen molar-refractivity contribution >= 4 is 16.8 Å². The molecule has 5 heteroatoms. The number of aryl methyl sites for hydroxylation is 4. The molecular formula is C26H28N4O. The van der Waals surface area contributed by atoms with Gasteiger partial charge >= 0.3 is 0 Å². The maximum atomic E-state index is 13.3. The Morgan fingerprint density at radius 2 is 1.81 bits per heavy atom. The number of hydrogen-bond donors (Lipinski definition) is 1. The van der Waals surface area contributed by atoms with Crippen molar-refractivity contribution in [3.63, 3.8) is 0 Å². The summed E-state index contributed by atoms with van der Waals surface area (Å²) in [6.45, 7) is 11.6. The first-order valence-electron chi connectivity index (χ1n) is 10.7. The number of aromatic nitrogens is 3. The van der Waals surface area contributed by atoms with Crippen LogP contribution in [-0.4, -0.2) is 20.7 Å². The van der Waals surface area contributed by atoms with E-state index < -0.39 is 0 Å². The molecule has 1 N–H and O–H groups in total. The fourth-order valence-electron chi connectivity index (χ4n) is 3.88. The van der Waals surface area contributed by atoms with Crippen molar-refractivity contribution in [3.8, 4) is 11.3 Å². The average molecular weight is 413 g/mol. The lowest BCUT2D eigenvalue weighted by Crippen LogP contribution is -2.23. The molecule has 4 rings (SSSR count). The van der Waals surface area contributed by atoms with Gasteiger partial charge in [-0.2, -0.15) is 5.10 Å². The fraction of sp³-hybridized carbons (Fsp3) is 0.269. The average Bonchev–Trinajstić information content (AvgIpc) is 3.13. The molecule has 0 radical (unpaired) electrons. The molecule has 2 aromatic heterocycles. The molecular weight excluding hydrogens is 384 g/mol. The van der Waals surface area contributed by atoms with Crippen LogP contribution < -0.4 is 5.32 Å². The maximum Gasteiger partial charge on any atom is 0.252 e. The summed E-state index contributed by atoms with van der Waals surface area (Å²) >= 11 is 0. The molecule has 2 aromatic carbocycles. The highest BCUT2D eigenvalue weighted by molar-refractivity contribution is 6.07. The van der Waals surface area contributed by atoms with Gasteiger partial charge in [-0.3, -0.25) is 9.48 Å². The van der Waals surface area contributed by atoms with Crippen molar-refractivity contribution in [2.24, 2.45) is 0 Å². The second-order valence-electron chi connectivity index (χ2n) is 8.08. The Bertz CT molecular complexity index is 1290. The van der Waals surface area contributed by atoms with Gasteiger partial charge in [0.25, 0.3) is 5.91 Å². The Labute approximate surface area is 183 Å². The largest absolute Gasteiger partial charge is 0.348 e. The highest BCUT2D eigenvalue weighted by atomic mass is 16.1. The molecule has 0 fully saturated rings. The van der Waals surface area contributed by atoms with E-state index in [0.29, 0.717) is 12.1 Å². The van der Waals surface area contributed by atoms with Crippen LogP contribution in [0.25, 0.3) is 22.2 Å². The summed E-state index contributed by atoms with van der Waals surface area (Å²) in [6.07, 6.45) is 1.83. The number of nitrogens with one attached hydrogen (secondary N) is 1. The van der Waals surface area contributed by atoms with Crippen LogP contribution in [0.5, 0.6) is 0 Å². The van der Waals surface area contributed by atoms with Crippen LogP contribution >= 0.6 is 0 Å². The predicted molar refractivity (Wildman–Crippen MR) is 125 cm³/mol. The van der Waals surface area contributed by atoms with Crippen LogP contribution in [0.3, 0.4) is 0 Å². The third-order valence-corrected chi connectivity index (χ3v) is 6.03. The van der Waals surface area contributed by atoms with E-state index in [9.17, 15) is 4.79 Å². The number of amides is 1. The maximum absolute atomic E-state index is 13.3. The zero-order valence-electron chi connectivity index (χ0n) is 18.8. The van der Waals surface area contributed by atoms with Gasteiger partial charge < -0.3 is 5.32 Å². The van der Waals surface area contributed by atoms with E-state index in [1.54, 1.807) is 0 Å². The third-order valence-electron chi connectivity index (χ3n) is 6.03. The predicted octanol–water partition coefficient (Wildman–Crippen LogP) is 5.28. The van der Waals surface area contributed by atoms with E-state index in [1.807, 2.05) is 49.0 Å². The Balaban J connectivity index is 1.74. The SMILES string of the molecule is CCn1ncc(CNC(=O)c2cc(-c3ccc(C)c(C)c3)nc3c(C)cccc23)c1C. The van der Waals surface area contributed by atoms with E-state index in [0.717, 1.165) is 45.5 Å². The second kappa shape index (κ2) is 8.34. The van der Waals surface area contributed by atoms with Gasteiger partial charge in [0, 0.05) is 35.3 Å². The number of hydrogen-bond acceptors (Lipinski definition) is 3. The third kappa shape index (κ3) is 3.96. The fourth-order valence-corrected chi connectivity index (χ4v) is 3.88. The monoisotopic (exact) mass is 412 g/mol. The zero-order valence-corrected chi connectivity index (χ0v) is 18.8. The van der Waals surface area contributed by atoms with Crippen molar-refractivity contribution in [1.82, 2.24) is 20.1 Å². The van der Waals surface area contributed by atoms with Crippen LogP contribution in [-0.2, 0) is 13.1 Å². The number of nitrogens with zero attached hydrogens (tertiary/aromatic N) is 3. The molecule has 5 nitrogen and oxygen atoms in total. The summed E-state index contributed by atoms with van der Waals surface area (Å²) in [5, 5.41) is 8.32. The van der Waals surface area contributed by atoms with Crippen molar-refractivity contribution < 1.29 is 4.79 Å². The van der Waals surface area contributed by atoms with Crippen LogP contribution in [0.15, 0.2) is 48.7 Å². The van der Waals surface area contributed by atoms with Gasteiger partial charge in [-0.1, -0.05) is 30.3 Å². The molecule has 0 aliphatic heterocycles. The van der Waals surface area contributed by atoms with Crippen LogP contribution in [0.4, 0.5) is 0 Å². The highest BCUT2D eigenvalue weighted by Gasteiger charge is 2.16. The van der Waals surface area contributed by atoms with Gasteiger partial charge in [0.1, 0.15) is 0 Å². The van der Waals surface area contributed by atoms with Gasteiger partial charge in [-0.25, -0.2) is 4.98 Å². The van der Waals surface area contributed by atoms with E-state index in [-0.39, 0.29) is 5.91 Å². The number of carbonyl (C=O) groups excluding carboxylic acids is 1. The number of fused-ring (bicyclic) bond motifs is 1. The smallest absolute Gasteiger partial charge is 0.252 e. The molecule has 2 heterocycles. The topological polar surface area (TPSA) is 59.8 Å². The first-order chi connectivity index (χ1) is 14.9. The van der Waals surface area contributed by atoms with Gasteiger partial charge in [-0.05, 0) is 63.4 Å². The summed E-state index contributed by atoms with van der Waals surface area (Å²) in [5.74, 6) is -0.105. The molecule has 158 valence electrons. The number of benzene rings is 2. The minimum atomic E-state index is -0.105. The number of rotatable bonds is 5. The minimum Gasteiger partial charge on any atom is -0.348 e. The lowest BCUT2D eigenvalue weighted by atomic mass is 9.99. The molecule has 0 unspecified atom stereocenters.